The van der Waals surface area contributed by atoms with Crippen LogP contribution < -0.4 is 9.21 Å². The van der Waals surface area contributed by atoms with Crippen molar-refractivity contribution < 1.29 is 13.2 Å². The molecule has 0 spiro atoms. The van der Waals surface area contributed by atoms with E-state index in [1.54, 1.807) is 29.2 Å². The van der Waals surface area contributed by atoms with Gasteiger partial charge in [0.2, 0.25) is 0 Å². The van der Waals surface area contributed by atoms with Gasteiger partial charge in [0.05, 0.1) is 20.8 Å². The Morgan fingerprint density at radius 2 is 1.76 bits per heavy atom. The first-order valence-electron chi connectivity index (χ1n) is 12.8. The number of fused-ring (bicyclic) bond motifs is 2. The number of carbonyl (C=O) groups excluding carboxylic acids is 1. The standard InChI is InChI=1S/C29H32N4O3S2/c1-21-9-6-13-26-27(21)30-29(37-26)32(19-8-18-31(2)3)28(34)23-14-16-24(17-15-23)38(35,36)33-20-7-11-22-10-4-5-12-25(22)33/h4-6,9-10,12-17H,7-8,11,18-20H2,1-3H3. The number of rotatable bonds is 8. The van der Waals surface area contributed by atoms with E-state index < -0.39 is 10.0 Å². The van der Waals surface area contributed by atoms with Crippen LogP contribution in [0.2, 0.25) is 0 Å². The second-order valence-electron chi connectivity index (χ2n) is 9.87. The monoisotopic (exact) mass is 548 g/mol. The Morgan fingerprint density at radius 3 is 2.50 bits per heavy atom. The molecule has 1 aromatic heterocycles. The van der Waals surface area contributed by atoms with Crippen LogP contribution in [0, 0.1) is 6.92 Å². The maximum absolute atomic E-state index is 13.7. The van der Waals surface area contributed by atoms with Gasteiger partial charge in [0.1, 0.15) is 0 Å². The number of thiazole rings is 1. The van der Waals surface area contributed by atoms with E-state index >= 15 is 0 Å². The molecule has 0 atom stereocenters. The van der Waals surface area contributed by atoms with E-state index in [-0.39, 0.29) is 10.8 Å². The maximum Gasteiger partial charge on any atom is 0.264 e. The fraction of sp³-hybridized carbons (Fsp3) is 0.310. The van der Waals surface area contributed by atoms with Crippen molar-refractivity contribution in [3.05, 3.63) is 83.4 Å². The highest BCUT2D eigenvalue weighted by Crippen LogP contribution is 2.33. The van der Waals surface area contributed by atoms with Gasteiger partial charge < -0.3 is 4.90 Å². The van der Waals surface area contributed by atoms with Gasteiger partial charge in [-0.1, -0.05) is 41.7 Å². The lowest BCUT2D eigenvalue weighted by Crippen LogP contribution is -2.35. The molecule has 38 heavy (non-hydrogen) atoms. The lowest BCUT2D eigenvalue weighted by atomic mass is 10.0. The molecule has 2 heterocycles. The van der Waals surface area contributed by atoms with E-state index in [0.717, 1.165) is 52.8 Å². The number of benzene rings is 3. The normalized spacial score (nSPS) is 13.6. The predicted octanol–water partition coefficient (Wildman–Crippen LogP) is 5.34. The van der Waals surface area contributed by atoms with Crippen LogP contribution in [0.5, 0.6) is 0 Å². The number of anilines is 2. The highest BCUT2D eigenvalue weighted by Gasteiger charge is 2.29. The maximum atomic E-state index is 13.7. The Balaban J connectivity index is 1.43. The summed E-state index contributed by atoms with van der Waals surface area (Å²) in [6.45, 7) is 3.81. The fourth-order valence-corrected chi connectivity index (χ4v) is 7.43. The van der Waals surface area contributed by atoms with Gasteiger partial charge in [-0.25, -0.2) is 13.4 Å². The molecule has 4 aromatic rings. The molecule has 0 aliphatic carbocycles. The van der Waals surface area contributed by atoms with E-state index in [2.05, 4.69) is 4.90 Å². The van der Waals surface area contributed by atoms with Gasteiger partial charge in [0.15, 0.2) is 5.13 Å². The summed E-state index contributed by atoms with van der Waals surface area (Å²) in [6.07, 6.45) is 2.43. The van der Waals surface area contributed by atoms with E-state index in [4.69, 9.17) is 4.98 Å². The molecule has 1 amide bonds. The number of para-hydroxylation sites is 2. The Bertz CT molecular complexity index is 1560. The first-order chi connectivity index (χ1) is 18.3. The van der Waals surface area contributed by atoms with Crippen molar-refractivity contribution in [2.75, 3.05) is 42.9 Å². The largest absolute Gasteiger partial charge is 0.309 e. The zero-order chi connectivity index (χ0) is 26.9. The highest BCUT2D eigenvalue weighted by molar-refractivity contribution is 7.92. The van der Waals surface area contributed by atoms with E-state index in [9.17, 15) is 13.2 Å². The van der Waals surface area contributed by atoms with Crippen molar-refractivity contribution >= 4 is 48.3 Å². The predicted molar refractivity (Wildman–Crippen MR) is 155 cm³/mol. The summed E-state index contributed by atoms with van der Waals surface area (Å²) in [6, 6.07) is 20.0. The zero-order valence-corrected chi connectivity index (χ0v) is 23.6. The summed E-state index contributed by atoms with van der Waals surface area (Å²) in [5, 5.41) is 0.652. The molecule has 9 heteroatoms. The smallest absolute Gasteiger partial charge is 0.264 e. The van der Waals surface area contributed by atoms with Crippen LogP contribution in [-0.2, 0) is 16.4 Å². The van der Waals surface area contributed by atoms with E-state index in [1.807, 2.05) is 63.5 Å². The van der Waals surface area contributed by atoms with Crippen molar-refractivity contribution in [2.45, 2.75) is 31.1 Å². The molecule has 0 saturated heterocycles. The van der Waals surface area contributed by atoms with Crippen molar-refractivity contribution in [3.8, 4) is 0 Å². The lowest BCUT2D eigenvalue weighted by molar-refractivity contribution is 0.0986. The average molecular weight is 549 g/mol. The number of nitrogens with zero attached hydrogens (tertiary/aromatic N) is 4. The molecule has 0 unspecified atom stereocenters. The van der Waals surface area contributed by atoms with Crippen LogP contribution >= 0.6 is 11.3 Å². The van der Waals surface area contributed by atoms with Crippen LogP contribution in [0.3, 0.4) is 0 Å². The molecule has 0 saturated carbocycles. The number of hydrogen-bond acceptors (Lipinski definition) is 6. The number of sulfonamides is 1. The van der Waals surface area contributed by atoms with Gasteiger partial charge in [0, 0.05) is 18.7 Å². The number of carbonyl (C=O) groups is 1. The molecule has 0 bridgehead atoms. The first-order valence-corrected chi connectivity index (χ1v) is 15.0. The number of aromatic nitrogens is 1. The van der Waals surface area contributed by atoms with Gasteiger partial charge in [-0.05, 0) is 94.4 Å². The Kier molecular flexibility index (Phi) is 7.52. The minimum Gasteiger partial charge on any atom is -0.309 e. The molecule has 0 radical (unpaired) electrons. The topological polar surface area (TPSA) is 73.8 Å². The molecule has 1 aliphatic heterocycles. The Morgan fingerprint density at radius 1 is 1.00 bits per heavy atom. The lowest BCUT2D eigenvalue weighted by Gasteiger charge is -2.30. The van der Waals surface area contributed by atoms with Gasteiger partial charge in [-0.15, -0.1) is 0 Å². The van der Waals surface area contributed by atoms with Crippen molar-refractivity contribution in [2.24, 2.45) is 0 Å². The first kappa shape index (κ1) is 26.3. The van der Waals surface area contributed by atoms with Gasteiger partial charge >= 0.3 is 0 Å². The SMILES string of the molecule is Cc1cccc2sc(N(CCCN(C)C)C(=O)c3ccc(S(=O)(=O)N4CCCc5ccccc54)cc3)nc12. The second-order valence-corrected chi connectivity index (χ2v) is 12.7. The molecule has 0 fully saturated rings. The van der Waals surface area contributed by atoms with Crippen molar-refractivity contribution in [3.63, 3.8) is 0 Å². The average Bonchev–Trinajstić information content (AvgIpc) is 3.36. The van der Waals surface area contributed by atoms with Crippen LogP contribution in [0.4, 0.5) is 10.8 Å². The zero-order valence-electron chi connectivity index (χ0n) is 21.9. The molecule has 3 aromatic carbocycles. The van der Waals surface area contributed by atoms with Gasteiger partial charge in [-0.2, -0.15) is 0 Å². The van der Waals surface area contributed by atoms with E-state index in [1.165, 1.54) is 15.6 Å². The summed E-state index contributed by atoms with van der Waals surface area (Å²) in [7, 11) is 0.271. The molecular weight excluding hydrogens is 516 g/mol. The minimum absolute atomic E-state index is 0.181. The summed E-state index contributed by atoms with van der Waals surface area (Å²) in [5.41, 5.74) is 4.18. The Labute approximate surface area is 228 Å². The van der Waals surface area contributed by atoms with Crippen LogP contribution in [0.15, 0.2) is 71.6 Å². The van der Waals surface area contributed by atoms with Crippen molar-refractivity contribution in [1.82, 2.24) is 9.88 Å². The number of hydrogen-bond donors (Lipinski definition) is 0. The molecule has 7 nitrogen and oxygen atoms in total. The number of amides is 1. The second kappa shape index (κ2) is 10.8. The summed E-state index contributed by atoms with van der Waals surface area (Å²) >= 11 is 1.50. The van der Waals surface area contributed by atoms with Crippen LogP contribution in [0.1, 0.15) is 34.3 Å². The molecular formula is C29H32N4O3S2. The summed E-state index contributed by atoms with van der Waals surface area (Å²) < 4.78 is 29.6. The molecule has 198 valence electrons. The molecule has 1 aliphatic rings. The Hall–Kier alpha value is -3.27. The molecule has 0 N–H and O–H groups in total. The quantitative estimate of drug-likeness (QED) is 0.297. The van der Waals surface area contributed by atoms with E-state index in [0.29, 0.717) is 23.8 Å². The summed E-state index contributed by atoms with van der Waals surface area (Å²) in [5.74, 6) is -0.187. The third-order valence-corrected chi connectivity index (χ3v) is 9.70. The third-order valence-electron chi connectivity index (χ3n) is 6.83. The van der Waals surface area contributed by atoms with Gasteiger partial charge in [-0.3, -0.25) is 14.0 Å². The highest BCUT2D eigenvalue weighted by atomic mass is 32.2. The number of aryl methyl sites for hydroxylation is 2. The van der Waals surface area contributed by atoms with Crippen LogP contribution in [-0.4, -0.2) is 57.9 Å². The van der Waals surface area contributed by atoms with Crippen LogP contribution in [0.25, 0.3) is 10.2 Å². The fourth-order valence-electron chi connectivity index (χ4n) is 4.82. The molecule has 5 rings (SSSR count). The third kappa shape index (κ3) is 5.18. The summed E-state index contributed by atoms with van der Waals surface area (Å²) in [4.78, 5) is 22.5. The van der Waals surface area contributed by atoms with Crippen molar-refractivity contribution in [1.29, 1.82) is 0 Å². The van der Waals surface area contributed by atoms with Gasteiger partial charge in [0.25, 0.3) is 15.9 Å². The minimum atomic E-state index is -3.74.